The van der Waals surface area contributed by atoms with E-state index in [-0.39, 0.29) is 31.4 Å². The maximum atomic E-state index is 13.6. The first-order valence-electron chi connectivity index (χ1n) is 12.7. The van der Waals surface area contributed by atoms with E-state index in [9.17, 15) is 19.4 Å². The number of amides is 1. The number of halogens is 1. The minimum Gasteiger partial charge on any atom is -0.490 e. The third-order valence-corrected chi connectivity index (χ3v) is 7.22. The summed E-state index contributed by atoms with van der Waals surface area (Å²) in [5.74, 6) is 0.327. The number of β-amino-alcohol motifs (C(OH)–C–C–N with tert-alkyl or cyclic N) is 2. The maximum Gasteiger partial charge on any atom is 0.219 e. The van der Waals surface area contributed by atoms with E-state index in [2.05, 4.69) is 11.0 Å². The average Bonchev–Trinajstić information content (AvgIpc) is 2.96. The molecule has 196 valence electrons. The zero-order valence-corrected chi connectivity index (χ0v) is 21.5. The topological polar surface area (TPSA) is 76.5 Å². The molecule has 7 nitrogen and oxygen atoms in total. The van der Waals surface area contributed by atoms with E-state index in [1.54, 1.807) is 11.0 Å². The number of anilines is 1. The van der Waals surface area contributed by atoms with Crippen LogP contribution in [0.4, 0.5) is 10.1 Å². The van der Waals surface area contributed by atoms with Crippen molar-refractivity contribution < 1.29 is 24.1 Å². The van der Waals surface area contributed by atoms with Gasteiger partial charge in [0.25, 0.3) is 0 Å². The highest BCUT2D eigenvalue weighted by atomic mass is 19.1. The van der Waals surface area contributed by atoms with Crippen molar-refractivity contribution in [3.63, 3.8) is 0 Å². The molecule has 2 aliphatic heterocycles. The lowest BCUT2D eigenvalue weighted by Crippen LogP contribution is -2.55. The predicted molar refractivity (Wildman–Crippen MR) is 138 cm³/mol. The zero-order valence-electron chi connectivity index (χ0n) is 21.5. The highest BCUT2D eigenvalue weighted by Crippen LogP contribution is 2.29. The molecule has 0 aliphatic carbocycles. The molecule has 36 heavy (non-hydrogen) atoms. The van der Waals surface area contributed by atoms with Crippen molar-refractivity contribution >= 4 is 11.6 Å². The molecular weight excluding hydrogens is 461 g/mol. The summed E-state index contributed by atoms with van der Waals surface area (Å²) < 4.78 is 19.7. The Morgan fingerprint density at radius 1 is 0.972 bits per heavy atom. The summed E-state index contributed by atoms with van der Waals surface area (Å²) in [6.45, 7) is 8.68. The molecule has 0 unspecified atom stereocenters. The Morgan fingerprint density at radius 2 is 1.67 bits per heavy atom. The van der Waals surface area contributed by atoms with Gasteiger partial charge in [0, 0.05) is 51.9 Å². The van der Waals surface area contributed by atoms with Crippen LogP contribution in [-0.4, -0.2) is 89.5 Å². The minimum atomic E-state index is -1.28. The highest BCUT2D eigenvalue weighted by molar-refractivity contribution is 5.73. The minimum absolute atomic E-state index is 0.0436. The molecule has 0 saturated carbocycles. The number of benzene rings is 2. The molecule has 2 aromatic carbocycles. The van der Waals surface area contributed by atoms with Crippen LogP contribution in [0.2, 0.25) is 0 Å². The lowest BCUT2D eigenvalue weighted by Gasteiger charge is -2.42. The van der Waals surface area contributed by atoms with Gasteiger partial charge >= 0.3 is 0 Å². The van der Waals surface area contributed by atoms with Gasteiger partial charge in [-0.15, -0.1) is 0 Å². The average molecular weight is 500 g/mol. The number of carbonyl (C=O) groups is 1. The second-order valence-electron chi connectivity index (χ2n) is 10.7. The van der Waals surface area contributed by atoms with Crippen LogP contribution in [0.5, 0.6) is 5.75 Å². The normalized spacial score (nSPS) is 22.8. The number of hydrogen-bond donors (Lipinski definition) is 2. The molecule has 2 saturated heterocycles. The number of hydrogen-bond acceptors (Lipinski definition) is 6. The molecule has 0 radical (unpaired) electrons. The largest absolute Gasteiger partial charge is 0.490 e. The monoisotopic (exact) mass is 499 g/mol. The summed E-state index contributed by atoms with van der Waals surface area (Å²) in [4.78, 5) is 18.0. The number of aliphatic hydroxyl groups is 2. The summed E-state index contributed by atoms with van der Waals surface area (Å²) in [7, 11) is 0. The van der Waals surface area contributed by atoms with Crippen LogP contribution < -0.4 is 9.64 Å². The molecule has 0 spiro atoms. The van der Waals surface area contributed by atoms with Crippen LogP contribution in [-0.2, 0) is 4.79 Å². The third kappa shape index (κ3) is 6.75. The second-order valence-corrected chi connectivity index (χ2v) is 10.7. The fraction of sp³-hybridized carbons (Fsp3) is 0.536. The van der Waals surface area contributed by atoms with Gasteiger partial charge < -0.3 is 24.7 Å². The number of rotatable bonds is 6. The predicted octanol–water partition coefficient (Wildman–Crippen LogP) is 2.75. The lowest BCUT2D eigenvalue weighted by molar-refractivity contribution is -0.132. The van der Waals surface area contributed by atoms with Gasteiger partial charge in [-0.3, -0.25) is 9.69 Å². The Morgan fingerprint density at radius 3 is 2.31 bits per heavy atom. The standard InChI is InChI=1S/C28H38FN3O4/c1-21-13-22(2)15-26(14-21)36-20-28(35)18-30(11-12-32(19-28)23(3)33)17-27(34)7-9-31(10-8-27)25-6-4-5-24(29)16-25/h4-6,13-16,34-35H,7-12,17-20H2,1-3H3/t28-/m1/s1. The summed E-state index contributed by atoms with van der Waals surface area (Å²) in [6.07, 6.45) is 1.07. The third-order valence-electron chi connectivity index (χ3n) is 7.22. The first kappa shape index (κ1) is 26.4. The maximum absolute atomic E-state index is 13.6. The summed E-state index contributed by atoms with van der Waals surface area (Å²) >= 11 is 0. The van der Waals surface area contributed by atoms with Crippen LogP contribution in [0.15, 0.2) is 42.5 Å². The molecule has 8 heteroatoms. The number of carbonyl (C=O) groups excluding carboxylic acids is 1. The van der Waals surface area contributed by atoms with Gasteiger partial charge in [0.15, 0.2) is 0 Å². The number of ether oxygens (including phenoxy) is 1. The molecule has 1 amide bonds. The molecule has 2 heterocycles. The first-order chi connectivity index (χ1) is 17.0. The van der Waals surface area contributed by atoms with Gasteiger partial charge in [-0.2, -0.15) is 0 Å². The Bertz CT molecular complexity index is 1050. The fourth-order valence-corrected chi connectivity index (χ4v) is 5.40. The summed E-state index contributed by atoms with van der Waals surface area (Å²) in [5.41, 5.74) is 0.776. The van der Waals surface area contributed by atoms with Gasteiger partial charge in [-0.05, 0) is 68.1 Å². The summed E-state index contributed by atoms with van der Waals surface area (Å²) in [6, 6.07) is 12.5. The van der Waals surface area contributed by atoms with Gasteiger partial charge in [0.2, 0.25) is 5.91 Å². The van der Waals surface area contributed by atoms with Crippen LogP contribution in [0.25, 0.3) is 0 Å². The van der Waals surface area contributed by atoms with Crippen molar-refractivity contribution in [3.05, 3.63) is 59.4 Å². The van der Waals surface area contributed by atoms with Crippen molar-refractivity contribution in [2.75, 3.05) is 57.3 Å². The van der Waals surface area contributed by atoms with Gasteiger partial charge in [-0.1, -0.05) is 12.1 Å². The van der Waals surface area contributed by atoms with Crippen LogP contribution >= 0.6 is 0 Å². The fourth-order valence-electron chi connectivity index (χ4n) is 5.40. The van der Waals surface area contributed by atoms with E-state index in [4.69, 9.17) is 4.74 Å². The Labute approximate surface area is 213 Å². The van der Waals surface area contributed by atoms with Gasteiger partial charge in [0.05, 0.1) is 12.1 Å². The van der Waals surface area contributed by atoms with Gasteiger partial charge in [-0.25, -0.2) is 4.39 Å². The Kier molecular flexibility index (Phi) is 7.87. The Balaban J connectivity index is 1.42. The molecule has 0 bridgehead atoms. The van der Waals surface area contributed by atoms with Crippen LogP contribution in [0.3, 0.4) is 0 Å². The van der Waals surface area contributed by atoms with Gasteiger partial charge in [0.1, 0.15) is 23.8 Å². The van der Waals surface area contributed by atoms with Crippen LogP contribution in [0, 0.1) is 19.7 Å². The van der Waals surface area contributed by atoms with Crippen molar-refractivity contribution in [2.45, 2.75) is 44.8 Å². The quantitative estimate of drug-likeness (QED) is 0.637. The van der Waals surface area contributed by atoms with Crippen molar-refractivity contribution in [3.8, 4) is 5.75 Å². The van der Waals surface area contributed by atoms with Crippen molar-refractivity contribution in [2.24, 2.45) is 0 Å². The zero-order chi connectivity index (χ0) is 25.9. The number of aryl methyl sites for hydroxylation is 2. The van der Waals surface area contributed by atoms with E-state index >= 15 is 0 Å². The molecule has 2 N–H and O–H groups in total. The van der Waals surface area contributed by atoms with Crippen LogP contribution in [0.1, 0.15) is 30.9 Å². The first-order valence-corrected chi connectivity index (χ1v) is 12.7. The highest BCUT2D eigenvalue weighted by Gasteiger charge is 2.41. The Hall–Kier alpha value is -2.68. The van der Waals surface area contributed by atoms with E-state index in [1.807, 2.05) is 36.9 Å². The van der Waals surface area contributed by atoms with E-state index in [1.165, 1.54) is 19.1 Å². The molecule has 0 aromatic heterocycles. The molecular formula is C28H38FN3O4. The van der Waals surface area contributed by atoms with E-state index < -0.39 is 11.2 Å². The second kappa shape index (κ2) is 10.7. The lowest BCUT2D eigenvalue weighted by atomic mass is 9.90. The van der Waals surface area contributed by atoms with E-state index in [0.29, 0.717) is 51.3 Å². The smallest absolute Gasteiger partial charge is 0.219 e. The van der Waals surface area contributed by atoms with Crippen molar-refractivity contribution in [1.29, 1.82) is 0 Å². The SMILES string of the molecule is CC(=O)N1CCN(CC2(O)CCN(c3cccc(F)c3)CC2)C[C@](O)(COc2cc(C)cc(C)c2)C1. The molecule has 2 aliphatic rings. The van der Waals surface area contributed by atoms with Crippen molar-refractivity contribution in [1.82, 2.24) is 9.80 Å². The molecule has 2 fully saturated rings. The molecule has 4 rings (SSSR count). The number of piperidine rings is 1. The summed E-state index contributed by atoms with van der Waals surface area (Å²) in [5, 5.41) is 23.0. The number of nitrogens with zero attached hydrogens (tertiary/aromatic N) is 3. The molecule has 1 atom stereocenters. The van der Waals surface area contributed by atoms with E-state index in [0.717, 1.165) is 16.8 Å². The molecule has 2 aromatic rings.